The quantitative estimate of drug-likeness (QED) is 0.770. The average Bonchev–Trinajstić information content (AvgIpc) is 2.37. The highest BCUT2D eigenvalue weighted by molar-refractivity contribution is 5.51. The van der Waals surface area contributed by atoms with Crippen molar-refractivity contribution in [3.63, 3.8) is 0 Å². The number of benzene rings is 1. The minimum Gasteiger partial charge on any atom is -0.385 e. The first-order valence-corrected chi connectivity index (χ1v) is 6.45. The van der Waals surface area contributed by atoms with Crippen LogP contribution in [-0.2, 0) is 15.9 Å². The highest BCUT2D eigenvalue weighted by Crippen LogP contribution is 2.18. The number of para-hydroxylation sites is 1. The van der Waals surface area contributed by atoms with Gasteiger partial charge in [-0.25, -0.2) is 0 Å². The predicted octanol–water partition coefficient (Wildman–Crippen LogP) is 3.10. The molecule has 0 saturated carbocycles. The fourth-order valence-corrected chi connectivity index (χ4v) is 1.72. The molecule has 0 spiro atoms. The lowest BCUT2D eigenvalue weighted by Crippen LogP contribution is -2.26. The maximum atomic E-state index is 5.41. The molecule has 1 N–H and O–H groups in total. The third-order valence-electron chi connectivity index (χ3n) is 3.19. The summed E-state index contributed by atoms with van der Waals surface area (Å²) < 4.78 is 10.5. The van der Waals surface area contributed by atoms with Gasteiger partial charge in [0.05, 0.1) is 12.2 Å². The van der Waals surface area contributed by atoms with Crippen LogP contribution in [0.2, 0.25) is 0 Å². The van der Waals surface area contributed by atoms with Gasteiger partial charge < -0.3 is 14.8 Å². The standard InChI is InChI=1S/C15H25NO2/c1-15(2,18-4)10-11-16-14-8-6-5-7-13(14)9-12-17-3/h5-8,16H,9-12H2,1-4H3. The van der Waals surface area contributed by atoms with Gasteiger partial charge in [0, 0.05) is 26.5 Å². The second-order valence-corrected chi connectivity index (χ2v) is 5.04. The van der Waals surface area contributed by atoms with Gasteiger partial charge in [-0.1, -0.05) is 18.2 Å². The molecule has 0 saturated heterocycles. The summed E-state index contributed by atoms with van der Waals surface area (Å²) in [6.45, 7) is 5.87. The Hall–Kier alpha value is -1.06. The second kappa shape index (κ2) is 7.39. The van der Waals surface area contributed by atoms with Crippen molar-refractivity contribution in [2.45, 2.75) is 32.3 Å². The van der Waals surface area contributed by atoms with Gasteiger partial charge in [0.15, 0.2) is 0 Å². The van der Waals surface area contributed by atoms with Crippen molar-refractivity contribution < 1.29 is 9.47 Å². The summed E-state index contributed by atoms with van der Waals surface area (Å²) in [4.78, 5) is 0. The molecular weight excluding hydrogens is 226 g/mol. The number of rotatable bonds is 8. The van der Waals surface area contributed by atoms with Crippen LogP contribution in [0.5, 0.6) is 0 Å². The minimum atomic E-state index is -0.0749. The highest BCUT2D eigenvalue weighted by atomic mass is 16.5. The maximum Gasteiger partial charge on any atom is 0.0639 e. The van der Waals surface area contributed by atoms with E-state index >= 15 is 0 Å². The van der Waals surface area contributed by atoms with E-state index in [-0.39, 0.29) is 5.60 Å². The van der Waals surface area contributed by atoms with Gasteiger partial charge >= 0.3 is 0 Å². The Bertz CT molecular complexity index is 350. The van der Waals surface area contributed by atoms with Gasteiger partial charge in [-0.15, -0.1) is 0 Å². The normalized spacial score (nSPS) is 11.6. The topological polar surface area (TPSA) is 30.5 Å². The Morgan fingerprint density at radius 1 is 1.17 bits per heavy atom. The van der Waals surface area contributed by atoms with Crippen molar-refractivity contribution in [2.24, 2.45) is 0 Å². The van der Waals surface area contributed by atoms with Gasteiger partial charge in [-0.05, 0) is 38.3 Å². The van der Waals surface area contributed by atoms with E-state index < -0.39 is 0 Å². The molecule has 3 nitrogen and oxygen atoms in total. The van der Waals surface area contributed by atoms with E-state index in [0.717, 1.165) is 26.0 Å². The highest BCUT2D eigenvalue weighted by Gasteiger charge is 2.15. The summed E-state index contributed by atoms with van der Waals surface area (Å²) in [5.41, 5.74) is 2.42. The molecular formula is C15H25NO2. The zero-order chi connectivity index (χ0) is 13.4. The minimum absolute atomic E-state index is 0.0749. The third kappa shape index (κ3) is 5.07. The van der Waals surface area contributed by atoms with Crippen molar-refractivity contribution in [3.05, 3.63) is 29.8 Å². The van der Waals surface area contributed by atoms with Crippen LogP contribution in [0.1, 0.15) is 25.8 Å². The Balaban J connectivity index is 2.51. The van der Waals surface area contributed by atoms with Crippen molar-refractivity contribution in [1.29, 1.82) is 0 Å². The Kier molecular flexibility index (Phi) is 6.16. The van der Waals surface area contributed by atoms with Crippen LogP contribution < -0.4 is 5.32 Å². The fourth-order valence-electron chi connectivity index (χ4n) is 1.72. The Labute approximate surface area is 110 Å². The molecule has 0 amide bonds. The van der Waals surface area contributed by atoms with Gasteiger partial charge in [0.25, 0.3) is 0 Å². The van der Waals surface area contributed by atoms with Crippen molar-refractivity contribution in [1.82, 2.24) is 0 Å². The van der Waals surface area contributed by atoms with E-state index in [2.05, 4.69) is 43.4 Å². The molecule has 1 aromatic carbocycles. The molecule has 18 heavy (non-hydrogen) atoms. The summed E-state index contributed by atoms with van der Waals surface area (Å²) >= 11 is 0. The lowest BCUT2D eigenvalue weighted by Gasteiger charge is -2.23. The molecule has 0 bridgehead atoms. The molecule has 0 heterocycles. The molecule has 0 aliphatic carbocycles. The molecule has 1 rings (SSSR count). The van der Waals surface area contributed by atoms with E-state index in [0.29, 0.717) is 0 Å². The number of nitrogens with one attached hydrogen (secondary N) is 1. The van der Waals surface area contributed by atoms with E-state index in [1.807, 2.05) is 0 Å². The summed E-state index contributed by atoms with van der Waals surface area (Å²) in [5.74, 6) is 0. The number of methoxy groups -OCH3 is 2. The number of hydrogen-bond acceptors (Lipinski definition) is 3. The molecule has 1 aromatic rings. The molecule has 0 aliphatic heterocycles. The van der Waals surface area contributed by atoms with E-state index in [9.17, 15) is 0 Å². The third-order valence-corrected chi connectivity index (χ3v) is 3.19. The van der Waals surface area contributed by atoms with Crippen molar-refractivity contribution in [3.8, 4) is 0 Å². The molecule has 0 aromatic heterocycles. The van der Waals surface area contributed by atoms with Crippen LogP contribution in [0, 0.1) is 0 Å². The van der Waals surface area contributed by atoms with E-state index in [4.69, 9.17) is 9.47 Å². The van der Waals surface area contributed by atoms with Crippen LogP contribution in [0.25, 0.3) is 0 Å². The number of hydrogen-bond donors (Lipinski definition) is 1. The monoisotopic (exact) mass is 251 g/mol. The van der Waals surface area contributed by atoms with Crippen molar-refractivity contribution >= 4 is 5.69 Å². The fraction of sp³-hybridized carbons (Fsp3) is 0.600. The van der Waals surface area contributed by atoms with Crippen LogP contribution in [-0.4, -0.2) is 33.0 Å². The largest absolute Gasteiger partial charge is 0.385 e. The molecule has 0 unspecified atom stereocenters. The van der Waals surface area contributed by atoms with Gasteiger partial charge in [-0.3, -0.25) is 0 Å². The first-order valence-electron chi connectivity index (χ1n) is 6.45. The van der Waals surface area contributed by atoms with Crippen LogP contribution >= 0.6 is 0 Å². The van der Waals surface area contributed by atoms with Gasteiger partial charge in [0.1, 0.15) is 0 Å². The summed E-state index contributed by atoms with van der Waals surface area (Å²) in [6.07, 6.45) is 1.91. The second-order valence-electron chi connectivity index (χ2n) is 5.04. The maximum absolute atomic E-state index is 5.41. The molecule has 102 valence electrons. The molecule has 0 atom stereocenters. The Morgan fingerprint density at radius 2 is 1.89 bits per heavy atom. The van der Waals surface area contributed by atoms with E-state index in [1.165, 1.54) is 11.3 Å². The molecule has 0 radical (unpaired) electrons. The van der Waals surface area contributed by atoms with Crippen molar-refractivity contribution in [2.75, 3.05) is 32.7 Å². The van der Waals surface area contributed by atoms with Crippen LogP contribution in [0.4, 0.5) is 5.69 Å². The summed E-state index contributed by atoms with van der Waals surface area (Å²) in [6, 6.07) is 8.38. The summed E-state index contributed by atoms with van der Waals surface area (Å²) in [5, 5.41) is 3.48. The van der Waals surface area contributed by atoms with Crippen LogP contribution in [0.15, 0.2) is 24.3 Å². The average molecular weight is 251 g/mol. The predicted molar refractivity (Wildman–Crippen MR) is 76.2 cm³/mol. The lowest BCUT2D eigenvalue weighted by molar-refractivity contribution is 0.0185. The smallest absolute Gasteiger partial charge is 0.0639 e. The zero-order valence-electron chi connectivity index (χ0n) is 12.0. The van der Waals surface area contributed by atoms with Gasteiger partial charge in [0.2, 0.25) is 0 Å². The zero-order valence-corrected chi connectivity index (χ0v) is 12.0. The molecule has 0 aliphatic rings. The SMILES string of the molecule is COCCc1ccccc1NCCC(C)(C)OC. The number of ether oxygens (including phenoxy) is 2. The van der Waals surface area contributed by atoms with Crippen LogP contribution in [0.3, 0.4) is 0 Å². The lowest BCUT2D eigenvalue weighted by atomic mass is 10.0. The van der Waals surface area contributed by atoms with E-state index in [1.54, 1.807) is 14.2 Å². The molecule has 3 heteroatoms. The van der Waals surface area contributed by atoms with Gasteiger partial charge in [-0.2, -0.15) is 0 Å². The first-order chi connectivity index (χ1) is 8.59. The Morgan fingerprint density at radius 3 is 2.56 bits per heavy atom. The number of anilines is 1. The first kappa shape index (κ1) is 15.0. The molecule has 0 fully saturated rings. The summed E-state index contributed by atoms with van der Waals surface area (Å²) in [7, 11) is 3.49.